The normalized spacial score (nSPS) is 11.3. The fourth-order valence-corrected chi connectivity index (χ4v) is 2.66. The summed E-state index contributed by atoms with van der Waals surface area (Å²) < 4.78 is 2.21. The first-order valence-corrected chi connectivity index (χ1v) is 7.08. The summed E-state index contributed by atoms with van der Waals surface area (Å²) in [5.41, 5.74) is 6.68. The number of nitrogens with zero attached hydrogens (tertiary/aromatic N) is 2. The van der Waals surface area contributed by atoms with Crippen molar-refractivity contribution in [1.29, 1.82) is 0 Å². The van der Waals surface area contributed by atoms with Crippen LogP contribution in [0.2, 0.25) is 0 Å². The third-order valence-corrected chi connectivity index (χ3v) is 3.62. The van der Waals surface area contributed by atoms with Crippen LogP contribution >= 0.6 is 0 Å². The lowest BCUT2D eigenvalue weighted by Crippen LogP contribution is -1.96. The Hall–Kier alpha value is -2.61. The van der Waals surface area contributed by atoms with Crippen molar-refractivity contribution in [3.63, 3.8) is 0 Å². The molecule has 0 saturated carbocycles. The first kappa shape index (κ1) is 13.4. The van der Waals surface area contributed by atoms with Crippen LogP contribution in [-0.4, -0.2) is 9.55 Å². The molecule has 2 aromatic heterocycles. The van der Waals surface area contributed by atoms with Crippen LogP contribution in [0.4, 0.5) is 0 Å². The minimum absolute atomic E-state index is 1.01. The average molecular weight is 274 g/mol. The van der Waals surface area contributed by atoms with Gasteiger partial charge in [0.25, 0.3) is 0 Å². The summed E-state index contributed by atoms with van der Waals surface area (Å²) >= 11 is 0. The van der Waals surface area contributed by atoms with Gasteiger partial charge in [-0.3, -0.25) is 4.98 Å². The highest BCUT2D eigenvalue weighted by Gasteiger charge is 2.15. The van der Waals surface area contributed by atoms with E-state index in [2.05, 4.69) is 59.5 Å². The van der Waals surface area contributed by atoms with Gasteiger partial charge in [0.15, 0.2) is 0 Å². The molecule has 0 fully saturated rings. The Balaban J connectivity index is 2.40. The van der Waals surface area contributed by atoms with Gasteiger partial charge >= 0.3 is 0 Å². The molecular weight excluding hydrogens is 256 g/mol. The molecule has 104 valence electrons. The standard InChI is InChI=1S/C19H18N2/c1-4-7-16-17(5-2)21(15-11-9-14(3)10-12-15)18-8-6-13-20-19(16)18/h4-13H,2H2,1,3H3/b7-4-. The van der Waals surface area contributed by atoms with E-state index in [4.69, 9.17) is 0 Å². The van der Waals surface area contributed by atoms with Crippen molar-refractivity contribution in [2.45, 2.75) is 13.8 Å². The summed E-state index contributed by atoms with van der Waals surface area (Å²) in [6.45, 7) is 8.11. The number of aryl methyl sites for hydroxylation is 1. The number of hydrogen-bond acceptors (Lipinski definition) is 1. The SMILES string of the molecule is C=Cc1c(/C=C\C)c2ncccc2n1-c1ccc(C)cc1. The Morgan fingerprint density at radius 1 is 1.14 bits per heavy atom. The Bertz CT molecular complexity index is 821. The van der Waals surface area contributed by atoms with Crippen molar-refractivity contribution in [1.82, 2.24) is 9.55 Å². The smallest absolute Gasteiger partial charge is 0.0963 e. The number of pyridine rings is 1. The van der Waals surface area contributed by atoms with Gasteiger partial charge in [0.1, 0.15) is 0 Å². The van der Waals surface area contributed by atoms with Gasteiger partial charge in [0.2, 0.25) is 0 Å². The predicted octanol–water partition coefficient (Wildman–Crippen LogP) is 5.01. The second-order valence-corrected chi connectivity index (χ2v) is 5.05. The Kier molecular flexibility index (Phi) is 3.44. The summed E-state index contributed by atoms with van der Waals surface area (Å²) in [6, 6.07) is 12.6. The van der Waals surface area contributed by atoms with E-state index in [1.165, 1.54) is 5.56 Å². The average Bonchev–Trinajstić information content (AvgIpc) is 2.83. The molecule has 2 heteroatoms. The maximum absolute atomic E-state index is 4.55. The monoisotopic (exact) mass is 274 g/mol. The molecule has 0 aliphatic rings. The molecule has 0 aliphatic heterocycles. The van der Waals surface area contributed by atoms with Crippen molar-refractivity contribution in [2.75, 3.05) is 0 Å². The molecule has 0 atom stereocenters. The van der Waals surface area contributed by atoms with Crippen LogP contribution < -0.4 is 0 Å². The van der Waals surface area contributed by atoms with Gasteiger partial charge in [-0.25, -0.2) is 0 Å². The third kappa shape index (κ3) is 2.19. The summed E-state index contributed by atoms with van der Waals surface area (Å²) in [7, 11) is 0. The van der Waals surface area contributed by atoms with Crippen LogP contribution in [-0.2, 0) is 0 Å². The highest BCUT2D eigenvalue weighted by Crippen LogP contribution is 2.30. The zero-order valence-electron chi connectivity index (χ0n) is 12.4. The van der Waals surface area contributed by atoms with Gasteiger partial charge < -0.3 is 4.57 Å². The van der Waals surface area contributed by atoms with Gasteiger partial charge in [0, 0.05) is 17.4 Å². The van der Waals surface area contributed by atoms with Crippen molar-refractivity contribution < 1.29 is 0 Å². The molecule has 0 amide bonds. The van der Waals surface area contributed by atoms with Crippen LogP contribution in [0.1, 0.15) is 23.7 Å². The zero-order valence-corrected chi connectivity index (χ0v) is 12.4. The first-order valence-electron chi connectivity index (χ1n) is 7.08. The van der Waals surface area contributed by atoms with Gasteiger partial charge in [-0.05, 0) is 44.2 Å². The number of allylic oxidation sites excluding steroid dienone is 1. The summed E-state index contributed by atoms with van der Waals surface area (Å²) in [5.74, 6) is 0. The molecule has 0 bridgehead atoms. The molecule has 21 heavy (non-hydrogen) atoms. The molecule has 2 nitrogen and oxygen atoms in total. The molecule has 0 saturated heterocycles. The van der Waals surface area contributed by atoms with Crippen LogP contribution in [0, 0.1) is 6.92 Å². The van der Waals surface area contributed by atoms with E-state index in [1.807, 2.05) is 31.3 Å². The second kappa shape index (κ2) is 5.41. The van der Waals surface area contributed by atoms with Gasteiger partial charge in [-0.2, -0.15) is 0 Å². The Morgan fingerprint density at radius 2 is 1.90 bits per heavy atom. The molecule has 0 N–H and O–H groups in total. The van der Waals surface area contributed by atoms with Crippen LogP contribution in [0.5, 0.6) is 0 Å². The lowest BCUT2D eigenvalue weighted by molar-refractivity contribution is 1.10. The largest absolute Gasteiger partial charge is 0.308 e. The van der Waals surface area contributed by atoms with Gasteiger partial charge in [-0.1, -0.05) is 36.4 Å². The fraction of sp³-hybridized carbons (Fsp3) is 0.105. The summed E-state index contributed by atoms with van der Waals surface area (Å²) in [5, 5.41) is 0. The van der Waals surface area contributed by atoms with Crippen LogP contribution in [0.25, 0.3) is 28.9 Å². The lowest BCUT2D eigenvalue weighted by atomic mass is 10.2. The van der Waals surface area contributed by atoms with E-state index < -0.39 is 0 Å². The van der Waals surface area contributed by atoms with E-state index >= 15 is 0 Å². The first-order chi connectivity index (χ1) is 10.3. The van der Waals surface area contributed by atoms with Crippen molar-refractivity contribution in [2.24, 2.45) is 0 Å². The van der Waals surface area contributed by atoms with Crippen LogP contribution in [0.15, 0.2) is 55.3 Å². The quantitative estimate of drug-likeness (QED) is 0.656. The van der Waals surface area contributed by atoms with E-state index in [0.717, 1.165) is 28.0 Å². The fourth-order valence-electron chi connectivity index (χ4n) is 2.66. The zero-order chi connectivity index (χ0) is 14.8. The summed E-state index contributed by atoms with van der Waals surface area (Å²) in [6.07, 6.45) is 7.87. The van der Waals surface area contributed by atoms with Crippen molar-refractivity contribution in [3.8, 4) is 5.69 Å². The molecular formula is C19H18N2. The van der Waals surface area contributed by atoms with Crippen molar-refractivity contribution >= 4 is 23.2 Å². The maximum atomic E-state index is 4.55. The van der Waals surface area contributed by atoms with E-state index in [-0.39, 0.29) is 0 Å². The highest BCUT2D eigenvalue weighted by atomic mass is 15.0. The topological polar surface area (TPSA) is 17.8 Å². The molecule has 0 radical (unpaired) electrons. The van der Waals surface area contributed by atoms with E-state index in [9.17, 15) is 0 Å². The molecule has 0 spiro atoms. The van der Waals surface area contributed by atoms with Crippen molar-refractivity contribution in [3.05, 3.63) is 72.1 Å². The predicted molar refractivity (Wildman–Crippen MR) is 90.6 cm³/mol. The minimum atomic E-state index is 1.01. The Labute approximate surface area is 125 Å². The molecule has 3 aromatic rings. The van der Waals surface area contributed by atoms with E-state index in [1.54, 1.807) is 0 Å². The molecule has 2 heterocycles. The highest BCUT2D eigenvalue weighted by molar-refractivity contribution is 5.92. The summed E-state index contributed by atoms with van der Waals surface area (Å²) in [4.78, 5) is 4.55. The molecule has 0 unspecified atom stereocenters. The number of benzene rings is 1. The number of fused-ring (bicyclic) bond motifs is 1. The van der Waals surface area contributed by atoms with E-state index in [0.29, 0.717) is 0 Å². The Morgan fingerprint density at radius 3 is 2.57 bits per heavy atom. The lowest BCUT2D eigenvalue weighted by Gasteiger charge is -2.09. The molecule has 3 rings (SSSR count). The molecule has 1 aromatic carbocycles. The van der Waals surface area contributed by atoms with Gasteiger partial charge in [-0.15, -0.1) is 0 Å². The third-order valence-electron chi connectivity index (χ3n) is 3.62. The second-order valence-electron chi connectivity index (χ2n) is 5.05. The number of hydrogen-bond donors (Lipinski definition) is 0. The van der Waals surface area contributed by atoms with Gasteiger partial charge in [0.05, 0.1) is 16.7 Å². The molecule has 0 aliphatic carbocycles. The van der Waals surface area contributed by atoms with Crippen LogP contribution in [0.3, 0.4) is 0 Å². The number of aromatic nitrogens is 2. The maximum Gasteiger partial charge on any atom is 0.0963 e. The minimum Gasteiger partial charge on any atom is -0.308 e. The number of rotatable bonds is 3.